The van der Waals surface area contributed by atoms with Crippen molar-refractivity contribution >= 4 is 27.7 Å². The number of thioether (sulfide) groups is 1. The van der Waals surface area contributed by atoms with Crippen LogP contribution in [0, 0.1) is 0 Å². The predicted molar refractivity (Wildman–Crippen MR) is 70.4 cm³/mol. The minimum absolute atomic E-state index is 0.324. The van der Waals surface area contributed by atoms with Crippen LogP contribution in [0.25, 0.3) is 0 Å². The second-order valence-corrected chi connectivity index (χ2v) is 7.20. The Balaban J connectivity index is 2.53. The molecule has 18 heavy (non-hydrogen) atoms. The van der Waals surface area contributed by atoms with Gasteiger partial charge >= 0.3 is 0 Å². The van der Waals surface area contributed by atoms with Crippen molar-refractivity contribution in [2.75, 3.05) is 12.5 Å². The molecule has 2 rings (SSSR count). The topological polar surface area (TPSA) is 63.6 Å². The Morgan fingerprint density at radius 3 is 2.50 bits per heavy atom. The van der Waals surface area contributed by atoms with E-state index in [1.165, 1.54) is 18.0 Å². The van der Waals surface area contributed by atoms with E-state index in [1.807, 2.05) is 12.3 Å². The Kier molecular flexibility index (Phi) is 3.36. The van der Waals surface area contributed by atoms with E-state index < -0.39 is 15.4 Å². The van der Waals surface area contributed by atoms with Gasteiger partial charge in [-0.15, -0.1) is 11.8 Å². The fourth-order valence-corrected chi connectivity index (χ4v) is 3.89. The lowest BCUT2D eigenvalue weighted by Gasteiger charge is -2.12. The van der Waals surface area contributed by atoms with E-state index in [0.717, 1.165) is 18.4 Å². The fraction of sp³-hybridized carbons (Fsp3) is 0.417. The second kappa shape index (κ2) is 4.53. The molecular formula is C12H13NO3S2. The number of nitrogens with zero attached hydrogens (tertiary/aromatic N) is 1. The molecule has 0 heterocycles. The minimum Gasteiger partial charge on any atom is -0.224 e. The Morgan fingerprint density at radius 1 is 1.39 bits per heavy atom. The summed E-state index contributed by atoms with van der Waals surface area (Å²) in [7, 11) is -3.23. The number of carbonyl (C=O) groups excluding carboxylic acids is 1. The highest BCUT2D eigenvalue weighted by Gasteiger charge is 2.45. The summed E-state index contributed by atoms with van der Waals surface area (Å²) in [5.74, 6) is 0. The van der Waals surface area contributed by atoms with Crippen molar-refractivity contribution in [2.24, 2.45) is 4.99 Å². The van der Waals surface area contributed by atoms with Gasteiger partial charge in [0.1, 0.15) is 0 Å². The van der Waals surface area contributed by atoms with Crippen LogP contribution in [0.5, 0.6) is 0 Å². The summed E-state index contributed by atoms with van der Waals surface area (Å²) < 4.78 is 23.2. The standard InChI is InChI=1S/C12H13NO3S2/c1-17-10-7-9(12(5-6-12)13-8-14)3-4-11(10)18(2,15)16/h3-4,7H,5-6H2,1-2H3. The molecule has 0 saturated heterocycles. The van der Waals surface area contributed by atoms with Crippen LogP contribution >= 0.6 is 11.8 Å². The van der Waals surface area contributed by atoms with Crippen LogP contribution < -0.4 is 0 Å². The molecule has 1 aromatic carbocycles. The van der Waals surface area contributed by atoms with Crippen LogP contribution in [0.3, 0.4) is 0 Å². The van der Waals surface area contributed by atoms with Crippen LogP contribution in [0.15, 0.2) is 33.0 Å². The summed E-state index contributed by atoms with van der Waals surface area (Å²) >= 11 is 1.38. The number of benzene rings is 1. The number of sulfone groups is 1. The Bertz CT molecular complexity index is 627. The molecule has 0 bridgehead atoms. The molecule has 0 aliphatic heterocycles. The first-order chi connectivity index (χ1) is 8.43. The predicted octanol–water partition coefficient (Wildman–Crippen LogP) is 2.14. The van der Waals surface area contributed by atoms with E-state index in [0.29, 0.717) is 9.79 Å². The van der Waals surface area contributed by atoms with E-state index in [-0.39, 0.29) is 0 Å². The monoisotopic (exact) mass is 283 g/mol. The number of isocyanates is 1. The molecule has 0 amide bonds. The van der Waals surface area contributed by atoms with Gasteiger partial charge in [0.15, 0.2) is 9.84 Å². The Morgan fingerprint density at radius 2 is 2.06 bits per heavy atom. The summed E-state index contributed by atoms with van der Waals surface area (Å²) in [4.78, 5) is 15.3. The van der Waals surface area contributed by atoms with Crippen LogP contribution in [-0.2, 0) is 20.2 Å². The molecule has 4 nitrogen and oxygen atoms in total. The van der Waals surface area contributed by atoms with Crippen molar-refractivity contribution in [1.82, 2.24) is 0 Å². The third-order valence-corrected chi connectivity index (χ3v) is 5.15. The zero-order valence-corrected chi connectivity index (χ0v) is 11.8. The Hall–Kier alpha value is -1.10. The Labute approximate surface area is 110 Å². The van der Waals surface area contributed by atoms with E-state index in [2.05, 4.69) is 4.99 Å². The largest absolute Gasteiger partial charge is 0.235 e. The summed E-state index contributed by atoms with van der Waals surface area (Å²) in [5.41, 5.74) is 0.435. The van der Waals surface area contributed by atoms with Gasteiger partial charge in [-0.1, -0.05) is 6.07 Å². The quantitative estimate of drug-likeness (QED) is 0.482. The van der Waals surface area contributed by atoms with Crippen LogP contribution in [0.2, 0.25) is 0 Å². The molecule has 1 aliphatic rings. The highest BCUT2D eigenvalue weighted by molar-refractivity contribution is 7.99. The van der Waals surface area contributed by atoms with Gasteiger partial charge in [-0.25, -0.2) is 13.2 Å². The lowest BCUT2D eigenvalue weighted by molar-refractivity contribution is 0.556. The average Bonchev–Trinajstić information content (AvgIpc) is 3.08. The van der Waals surface area contributed by atoms with Crippen LogP contribution in [-0.4, -0.2) is 27.0 Å². The molecule has 0 aromatic heterocycles. The van der Waals surface area contributed by atoms with Gasteiger partial charge in [-0.3, -0.25) is 0 Å². The highest BCUT2D eigenvalue weighted by atomic mass is 32.2. The molecule has 1 aromatic rings. The smallest absolute Gasteiger partial charge is 0.224 e. The average molecular weight is 283 g/mol. The van der Waals surface area contributed by atoms with Gasteiger partial charge in [0, 0.05) is 11.2 Å². The SMILES string of the molecule is CSc1cc(C2(N=C=O)CC2)ccc1S(C)(=O)=O. The summed E-state index contributed by atoms with van der Waals surface area (Å²) in [6.07, 6.45) is 6.25. The molecule has 1 saturated carbocycles. The maximum atomic E-state index is 11.6. The van der Waals surface area contributed by atoms with Gasteiger partial charge in [-0.05, 0) is 36.8 Å². The van der Waals surface area contributed by atoms with Gasteiger partial charge in [0.05, 0.1) is 10.4 Å². The highest BCUT2D eigenvalue weighted by Crippen LogP contribution is 2.50. The van der Waals surface area contributed by atoms with Crippen molar-refractivity contribution in [3.63, 3.8) is 0 Å². The molecule has 1 aliphatic carbocycles. The van der Waals surface area contributed by atoms with E-state index >= 15 is 0 Å². The van der Waals surface area contributed by atoms with Crippen molar-refractivity contribution in [3.8, 4) is 0 Å². The molecule has 6 heteroatoms. The van der Waals surface area contributed by atoms with E-state index in [4.69, 9.17) is 0 Å². The van der Waals surface area contributed by atoms with Gasteiger partial charge in [0.2, 0.25) is 6.08 Å². The van der Waals surface area contributed by atoms with Crippen molar-refractivity contribution in [2.45, 2.75) is 28.2 Å². The molecule has 96 valence electrons. The maximum Gasteiger partial charge on any atom is 0.235 e. The lowest BCUT2D eigenvalue weighted by Crippen LogP contribution is -2.05. The molecule has 0 spiro atoms. The van der Waals surface area contributed by atoms with E-state index in [9.17, 15) is 13.2 Å². The van der Waals surface area contributed by atoms with Crippen molar-refractivity contribution in [1.29, 1.82) is 0 Å². The van der Waals surface area contributed by atoms with Crippen LogP contribution in [0.4, 0.5) is 0 Å². The zero-order valence-electron chi connectivity index (χ0n) is 10.1. The summed E-state index contributed by atoms with van der Waals surface area (Å²) in [5, 5.41) is 0. The van der Waals surface area contributed by atoms with Gasteiger partial charge < -0.3 is 0 Å². The van der Waals surface area contributed by atoms with Crippen molar-refractivity contribution in [3.05, 3.63) is 23.8 Å². The first-order valence-electron chi connectivity index (χ1n) is 5.40. The van der Waals surface area contributed by atoms with Crippen molar-refractivity contribution < 1.29 is 13.2 Å². The van der Waals surface area contributed by atoms with Crippen LogP contribution in [0.1, 0.15) is 18.4 Å². The molecule has 0 N–H and O–H groups in total. The first kappa shape index (κ1) is 13.3. The zero-order chi connectivity index (χ0) is 13.4. The number of rotatable bonds is 4. The second-order valence-electron chi connectivity index (χ2n) is 4.37. The third kappa shape index (κ3) is 2.36. The summed E-state index contributed by atoms with van der Waals surface area (Å²) in [6.45, 7) is 0. The molecule has 0 unspecified atom stereocenters. The number of hydrogen-bond donors (Lipinski definition) is 0. The minimum atomic E-state index is -3.23. The van der Waals surface area contributed by atoms with E-state index in [1.54, 1.807) is 18.2 Å². The number of aliphatic imine (C=N–C) groups is 1. The maximum absolute atomic E-state index is 11.6. The molecule has 0 atom stereocenters. The molecule has 1 fully saturated rings. The fourth-order valence-electron chi connectivity index (χ4n) is 1.93. The normalized spacial score (nSPS) is 17.0. The van der Waals surface area contributed by atoms with Gasteiger partial charge in [-0.2, -0.15) is 4.99 Å². The lowest BCUT2D eigenvalue weighted by atomic mass is 10.1. The van der Waals surface area contributed by atoms with Gasteiger partial charge in [0.25, 0.3) is 0 Å². The number of hydrogen-bond acceptors (Lipinski definition) is 5. The molecular weight excluding hydrogens is 270 g/mol. The molecule has 0 radical (unpaired) electrons. The summed E-state index contributed by atoms with van der Waals surface area (Å²) in [6, 6.07) is 5.15. The third-order valence-electron chi connectivity index (χ3n) is 3.08. The first-order valence-corrected chi connectivity index (χ1v) is 8.52.